The molecule has 0 aromatic heterocycles. The highest BCUT2D eigenvalue weighted by Gasteiger charge is 2.30. The number of methoxy groups -OCH3 is 1. The van der Waals surface area contributed by atoms with Crippen LogP contribution in [0.2, 0.25) is 0 Å². The second-order valence-electron chi connectivity index (χ2n) is 11.0. The molecule has 1 N–H and O–H groups in total. The van der Waals surface area contributed by atoms with Crippen LogP contribution in [0.15, 0.2) is 89.8 Å². The standard InChI is InChI=1S/C34H34FN3O6S/c1-22-8-5-13-29(35)32(22)34(40)38-17-16-28(21-38)44-27-12-7-11-26(20-27)36-45(41,42)31-19-24(14-15-30(31)43-4)23-9-6-10-25(18-23)33(39)37(2)3/h5-15,18-20,28,36H,16-17,21H2,1-4H3/t28-/m0/s1. The number of amides is 2. The zero-order chi connectivity index (χ0) is 32.3. The summed E-state index contributed by atoms with van der Waals surface area (Å²) in [5.41, 5.74) is 2.64. The van der Waals surface area contributed by atoms with Gasteiger partial charge in [-0.2, -0.15) is 0 Å². The number of hydrogen-bond acceptors (Lipinski definition) is 6. The Labute approximate surface area is 262 Å². The molecule has 1 atom stereocenters. The first-order valence-corrected chi connectivity index (χ1v) is 15.8. The molecule has 0 spiro atoms. The van der Waals surface area contributed by atoms with Crippen LogP contribution in [-0.4, -0.2) is 70.4 Å². The van der Waals surface area contributed by atoms with Gasteiger partial charge in [0.15, 0.2) is 0 Å². The maximum Gasteiger partial charge on any atom is 0.265 e. The lowest BCUT2D eigenvalue weighted by Crippen LogP contribution is -2.32. The number of aryl methyl sites for hydroxylation is 1. The van der Waals surface area contributed by atoms with Crippen molar-refractivity contribution >= 4 is 27.5 Å². The Balaban J connectivity index is 1.32. The summed E-state index contributed by atoms with van der Waals surface area (Å²) in [5, 5.41) is 0. The number of rotatable bonds is 9. The lowest BCUT2D eigenvalue weighted by molar-refractivity contribution is 0.0766. The molecule has 4 aromatic carbocycles. The van der Waals surface area contributed by atoms with Crippen molar-refractivity contribution in [1.29, 1.82) is 0 Å². The number of anilines is 1. The van der Waals surface area contributed by atoms with Crippen molar-refractivity contribution in [2.75, 3.05) is 39.0 Å². The van der Waals surface area contributed by atoms with E-state index in [1.54, 1.807) is 98.7 Å². The number of likely N-dealkylation sites (tertiary alicyclic amines) is 1. The Morgan fingerprint density at radius 3 is 2.42 bits per heavy atom. The van der Waals surface area contributed by atoms with E-state index in [0.717, 1.165) is 0 Å². The lowest BCUT2D eigenvalue weighted by atomic mass is 10.0. The summed E-state index contributed by atoms with van der Waals surface area (Å²) < 4.78 is 55.7. The van der Waals surface area contributed by atoms with Crippen molar-refractivity contribution in [3.63, 3.8) is 0 Å². The summed E-state index contributed by atoms with van der Waals surface area (Å²) >= 11 is 0. The van der Waals surface area contributed by atoms with Crippen LogP contribution in [0.25, 0.3) is 11.1 Å². The molecule has 5 rings (SSSR count). The average molecular weight is 632 g/mol. The predicted octanol–water partition coefficient (Wildman–Crippen LogP) is 5.61. The van der Waals surface area contributed by atoms with E-state index < -0.39 is 15.8 Å². The highest BCUT2D eigenvalue weighted by Crippen LogP contribution is 2.32. The molecule has 11 heteroatoms. The van der Waals surface area contributed by atoms with Crippen LogP contribution in [-0.2, 0) is 10.0 Å². The number of halogens is 1. The normalized spacial score (nSPS) is 14.6. The molecule has 1 fully saturated rings. The van der Waals surface area contributed by atoms with E-state index in [0.29, 0.717) is 41.0 Å². The molecule has 234 valence electrons. The molecule has 2 amide bonds. The third-order valence-corrected chi connectivity index (χ3v) is 8.96. The van der Waals surface area contributed by atoms with Crippen molar-refractivity contribution in [3.8, 4) is 22.6 Å². The van der Waals surface area contributed by atoms with Crippen LogP contribution in [0.1, 0.15) is 32.7 Å². The van der Waals surface area contributed by atoms with Gasteiger partial charge >= 0.3 is 0 Å². The number of carbonyl (C=O) groups excluding carboxylic acids is 2. The van der Waals surface area contributed by atoms with Crippen LogP contribution < -0.4 is 14.2 Å². The van der Waals surface area contributed by atoms with Gasteiger partial charge in [0.25, 0.3) is 21.8 Å². The van der Waals surface area contributed by atoms with Crippen molar-refractivity contribution in [3.05, 3.63) is 107 Å². The molecule has 9 nitrogen and oxygen atoms in total. The first-order chi connectivity index (χ1) is 21.5. The largest absolute Gasteiger partial charge is 0.495 e. The van der Waals surface area contributed by atoms with Crippen molar-refractivity contribution in [2.45, 2.75) is 24.3 Å². The minimum absolute atomic E-state index is 0.0591. The molecule has 4 aromatic rings. The molecular formula is C34H34FN3O6S. The maximum atomic E-state index is 14.4. The summed E-state index contributed by atoms with van der Waals surface area (Å²) in [5.74, 6) is -0.538. The number of carbonyl (C=O) groups is 2. The molecule has 1 aliphatic rings. The maximum absolute atomic E-state index is 14.4. The fourth-order valence-corrected chi connectivity index (χ4v) is 6.51. The van der Waals surface area contributed by atoms with E-state index in [4.69, 9.17) is 9.47 Å². The first-order valence-electron chi connectivity index (χ1n) is 14.3. The summed E-state index contributed by atoms with van der Waals surface area (Å²) in [7, 11) is 0.595. The third-order valence-electron chi connectivity index (χ3n) is 7.56. The molecule has 0 unspecified atom stereocenters. The van der Waals surface area contributed by atoms with Crippen molar-refractivity contribution < 1.29 is 31.9 Å². The number of nitrogens with zero attached hydrogens (tertiary/aromatic N) is 2. The van der Waals surface area contributed by atoms with Crippen LogP contribution in [0.4, 0.5) is 10.1 Å². The molecule has 45 heavy (non-hydrogen) atoms. The van der Waals surface area contributed by atoms with Crippen molar-refractivity contribution in [1.82, 2.24) is 9.80 Å². The molecule has 1 heterocycles. The Kier molecular flexibility index (Phi) is 9.10. The smallest absolute Gasteiger partial charge is 0.265 e. The fraction of sp³-hybridized carbons (Fsp3) is 0.235. The van der Waals surface area contributed by atoms with E-state index in [1.807, 2.05) is 0 Å². The van der Waals surface area contributed by atoms with E-state index in [1.165, 1.54) is 24.1 Å². The number of benzene rings is 4. The SMILES string of the molecule is COc1ccc(-c2cccc(C(=O)N(C)C)c2)cc1S(=O)(=O)Nc1cccc(O[C@H]2CCN(C(=O)c3c(C)cccc3F)C2)c1. The molecule has 0 radical (unpaired) electrons. The molecule has 1 aliphatic heterocycles. The topological polar surface area (TPSA) is 105 Å². The van der Waals surface area contributed by atoms with Crippen LogP contribution >= 0.6 is 0 Å². The van der Waals surface area contributed by atoms with Gasteiger partial charge in [-0.25, -0.2) is 12.8 Å². The highest BCUT2D eigenvalue weighted by atomic mass is 32.2. The first kappa shape index (κ1) is 31.5. The van der Waals surface area contributed by atoms with Gasteiger partial charge < -0.3 is 19.3 Å². The molecular weight excluding hydrogens is 597 g/mol. The van der Waals surface area contributed by atoms with E-state index >= 15 is 0 Å². The molecule has 0 saturated carbocycles. The Morgan fingerprint density at radius 2 is 1.69 bits per heavy atom. The monoisotopic (exact) mass is 631 g/mol. The van der Waals surface area contributed by atoms with E-state index in [9.17, 15) is 22.4 Å². The lowest BCUT2D eigenvalue weighted by Gasteiger charge is -2.19. The van der Waals surface area contributed by atoms with Crippen LogP contribution in [0.3, 0.4) is 0 Å². The van der Waals surface area contributed by atoms with Gasteiger partial charge in [0, 0.05) is 38.7 Å². The van der Waals surface area contributed by atoms with Gasteiger partial charge in [-0.05, 0) is 66.1 Å². The third kappa shape index (κ3) is 6.93. The highest BCUT2D eigenvalue weighted by molar-refractivity contribution is 7.92. The minimum Gasteiger partial charge on any atom is -0.495 e. The number of ether oxygens (including phenoxy) is 2. The predicted molar refractivity (Wildman–Crippen MR) is 170 cm³/mol. The van der Waals surface area contributed by atoms with Gasteiger partial charge in [-0.1, -0.05) is 36.4 Å². The van der Waals surface area contributed by atoms with Crippen molar-refractivity contribution in [2.24, 2.45) is 0 Å². The summed E-state index contributed by atoms with van der Waals surface area (Å²) in [6.45, 7) is 2.38. The van der Waals surface area contributed by atoms with Gasteiger partial charge in [0.1, 0.15) is 28.3 Å². The van der Waals surface area contributed by atoms with Gasteiger partial charge in [0.05, 0.1) is 24.9 Å². The van der Waals surface area contributed by atoms with Gasteiger partial charge in [0.2, 0.25) is 0 Å². The minimum atomic E-state index is -4.12. The molecule has 0 bridgehead atoms. The second-order valence-corrected chi connectivity index (χ2v) is 12.6. The zero-order valence-electron chi connectivity index (χ0n) is 25.4. The number of hydrogen-bond donors (Lipinski definition) is 1. The Bertz CT molecular complexity index is 1840. The van der Waals surface area contributed by atoms with Gasteiger partial charge in [-0.3, -0.25) is 14.3 Å². The molecule has 0 aliphatic carbocycles. The van der Waals surface area contributed by atoms with E-state index in [2.05, 4.69) is 4.72 Å². The Hall–Kier alpha value is -4.90. The van der Waals surface area contributed by atoms with Gasteiger partial charge in [-0.15, -0.1) is 0 Å². The quantitative estimate of drug-likeness (QED) is 0.258. The summed E-state index contributed by atoms with van der Waals surface area (Å²) in [6.07, 6.45) is 0.195. The van der Waals surface area contributed by atoms with E-state index in [-0.39, 0.29) is 46.4 Å². The summed E-state index contributed by atoms with van der Waals surface area (Å²) in [6, 6.07) is 22.8. The van der Waals surface area contributed by atoms with Crippen LogP contribution in [0, 0.1) is 12.7 Å². The fourth-order valence-electron chi connectivity index (χ4n) is 5.26. The molecule has 1 saturated heterocycles. The second kappa shape index (κ2) is 13.0. The zero-order valence-corrected chi connectivity index (χ0v) is 26.2. The average Bonchev–Trinajstić information content (AvgIpc) is 3.48. The van der Waals surface area contributed by atoms with Crippen LogP contribution in [0.5, 0.6) is 11.5 Å². The number of nitrogens with one attached hydrogen (secondary N) is 1. The number of sulfonamides is 1. The summed E-state index contributed by atoms with van der Waals surface area (Å²) in [4.78, 5) is 28.4. The Morgan fingerprint density at radius 1 is 0.956 bits per heavy atom.